The second-order valence-electron chi connectivity index (χ2n) is 11.4. The quantitative estimate of drug-likeness (QED) is 0.0912. The predicted molar refractivity (Wildman–Crippen MR) is 174 cm³/mol. The fourth-order valence-electron chi connectivity index (χ4n) is 4.97. The second kappa shape index (κ2) is 19.4. The molecule has 0 heterocycles. The molecule has 0 aliphatic heterocycles. The predicted octanol–water partition coefficient (Wildman–Crippen LogP) is 9.43. The Bertz CT molecular complexity index is 1300. The lowest BCUT2D eigenvalue weighted by Crippen LogP contribution is -2.34. The molecule has 0 radical (unpaired) electrons. The lowest BCUT2D eigenvalue weighted by molar-refractivity contribution is -0.139. The number of alkyl halides is 3. The van der Waals surface area contributed by atoms with Crippen LogP contribution < -0.4 is 25.6 Å². The molecular formula is C33H50F3N3O5S. The summed E-state index contributed by atoms with van der Waals surface area (Å²) in [5.41, 5.74) is 3.77. The molecule has 8 nitrogen and oxygen atoms in total. The van der Waals surface area contributed by atoms with Crippen LogP contribution in [-0.4, -0.2) is 34.4 Å². The molecule has 0 bridgehead atoms. The van der Waals surface area contributed by atoms with E-state index in [1.54, 1.807) is 18.2 Å². The number of hydrogen-bond donors (Lipinski definition) is 3. The van der Waals surface area contributed by atoms with Crippen LogP contribution in [0.15, 0.2) is 35.2 Å². The Hall–Kier alpha value is -3.15. The highest BCUT2D eigenvalue weighted by molar-refractivity contribution is 7.90. The van der Waals surface area contributed by atoms with Gasteiger partial charge in [0, 0.05) is 12.3 Å². The Morgan fingerprint density at radius 3 is 1.89 bits per heavy atom. The number of sulfone groups is 1. The molecule has 2 aromatic rings. The SMILES string of the molecule is CCCCCCCCCCCCCCCCOc1ccc(NC(=O)NNc2cc(C(F)(F)F)c(S(C)(=O)=O)cc2C)c(OC)c1. The third-order valence-electron chi connectivity index (χ3n) is 7.53. The van der Waals surface area contributed by atoms with Gasteiger partial charge in [-0.05, 0) is 43.2 Å². The zero-order valence-electron chi connectivity index (χ0n) is 27.1. The zero-order chi connectivity index (χ0) is 33.3. The Morgan fingerprint density at radius 1 is 0.822 bits per heavy atom. The third-order valence-corrected chi connectivity index (χ3v) is 8.67. The fraction of sp³-hybridized carbons (Fsp3) is 0.606. The number of amides is 2. The molecule has 2 aromatic carbocycles. The van der Waals surface area contributed by atoms with Gasteiger partial charge in [0.25, 0.3) is 0 Å². The first-order chi connectivity index (χ1) is 21.4. The summed E-state index contributed by atoms with van der Waals surface area (Å²) in [5.74, 6) is 0.934. The Morgan fingerprint density at radius 2 is 1.38 bits per heavy atom. The summed E-state index contributed by atoms with van der Waals surface area (Å²) in [5, 5.41) is 2.57. The number of carbonyl (C=O) groups is 1. The Labute approximate surface area is 266 Å². The minimum atomic E-state index is -4.91. The van der Waals surface area contributed by atoms with Crippen LogP contribution in [0.3, 0.4) is 0 Å². The Kier molecular flexibility index (Phi) is 16.4. The minimum Gasteiger partial charge on any atom is -0.494 e. The van der Waals surface area contributed by atoms with Crippen LogP contribution in [0.2, 0.25) is 0 Å². The molecule has 0 spiro atoms. The van der Waals surface area contributed by atoms with Gasteiger partial charge in [-0.3, -0.25) is 10.9 Å². The van der Waals surface area contributed by atoms with Crippen molar-refractivity contribution in [1.82, 2.24) is 5.43 Å². The van der Waals surface area contributed by atoms with Crippen molar-refractivity contribution in [1.29, 1.82) is 0 Å². The fourth-order valence-corrected chi connectivity index (χ4v) is 5.94. The molecule has 254 valence electrons. The van der Waals surface area contributed by atoms with Crippen molar-refractivity contribution in [2.75, 3.05) is 30.7 Å². The van der Waals surface area contributed by atoms with E-state index in [0.29, 0.717) is 36.1 Å². The highest BCUT2D eigenvalue weighted by atomic mass is 32.2. The summed E-state index contributed by atoms with van der Waals surface area (Å²) in [6.45, 7) is 4.24. The first-order valence-electron chi connectivity index (χ1n) is 15.9. The number of halogens is 3. The highest BCUT2D eigenvalue weighted by Crippen LogP contribution is 2.37. The van der Waals surface area contributed by atoms with Gasteiger partial charge in [-0.25, -0.2) is 13.2 Å². The number of rotatable bonds is 21. The summed E-state index contributed by atoms with van der Waals surface area (Å²) in [6, 6.07) is 5.74. The molecule has 0 saturated heterocycles. The van der Waals surface area contributed by atoms with Crippen molar-refractivity contribution in [3.05, 3.63) is 41.5 Å². The van der Waals surface area contributed by atoms with Gasteiger partial charge < -0.3 is 14.8 Å². The number of anilines is 2. The molecular weight excluding hydrogens is 607 g/mol. The van der Waals surface area contributed by atoms with Crippen LogP contribution in [0.5, 0.6) is 11.5 Å². The number of hydrogen-bond acceptors (Lipinski definition) is 6. The zero-order valence-corrected chi connectivity index (χ0v) is 27.9. The molecule has 0 unspecified atom stereocenters. The molecule has 0 atom stereocenters. The lowest BCUT2D eigenvalue weighted by Gasteiger charge is -2.18. The van der Waals surface area contributed by atoms with Gasteiger partial charge in [-0.2, -0.15) is 13.2 Å². The molecule has 0 saturated carbocycles. The van der Waals surface area contributed by atoms with Gasteiger partial charge in [-0.1, -0.05) is 90.4 Å². The topological polar surface area (TPSA) is 106 Å². The van der Waals surface area contributed by atoms with Gasteiger partial charge in [-0.15, -0.1) is 0 Å². The van der Waals surface area contributed by atoms with Crippen molar-refractivity contribution in [3.63, 3.8) is 0 Å². The van der Waals surface area contributed by atoms with E-state index >= 15 is 0 Å². The number of hydrazine groups is 1. The van der Waals surface area contributed by atoms with E-state index in [2.05, 4.69) is 23.1 Å². The molecule has 2 rings (SSSR count). The molecule has 45 heavy (non-hydrogen) atoms. The summed E-state index contributed by atoms with van der Waals surface area (Å²) < 4.78 is 75.5. The highest BCUT2D eigenvalue weighted by Gasteiger charge is 2.37. The smallest absolute Gasteiger partial charge is 0.417 e. The number of urea groups is 1. The maximum atomic E-state index is 13.5. The van der Waals surface area contributed by atoms with Crippen molar-refractivity contribution in [3.8, 4) is 11.5 Å². The van der Waals surface area contributed by atoms with Gasteiger partial charge >= 0.3 is 12.2 Å². The number of aryl methyl sites for hydroxylation is 1. The average molecular weight is 658 g/mol. The summed E-state index contributed by atoms with van der Waals surface area (Å²) in [4.78, 5) is 11.7. The molecule has 0 aromatic heterocycles. The van der Waals surface area contributed by atoms with Crippen molar-refractivity contribution >= 4 is 27.2 Å². The van der Waals surface area contributed by atoms with E-state index in [9.17, 15) is 26.4 Å². The van der Waals surface area contributed by atoms with Gasteiger partial charge in [0.2, 0.25) is 0 Å². The van der Waals surface area contributed by atoms with Crippen LogP contribution in [0.1, 0.15) is 108 Å². The maximum Gasteiger partial charge on any atom is 0.417 e. The standard InChI is InChI=1S/C33H50F3N3O5S/c1-5-6-7-8-9-10-11-12-13-14-15-16-17-18-21-44-26-19-20-28(30(23-26)43-3)37-32(40)39-38-29-24-27(33(34,35)36)31(22-25(29)2)45(4,41)42/h19-20,22-24,38H,5-18,21H2,1-4H3,(H2,37,39,40). The number of nitrogens with one attached hydrogen (secondary N) is 3. The van der Waals surface area contributed by atoms with Crippen LogP contribution >= 0.6 is 0 Å². The summed E-state index contributed by atoms with van der Waals surface area (Å²) in [6.07, 6.45) is 13.7. The third kappa shape index (κ3) is 14.2. The molecule has 2 amide bonds. The molecule has 0 fully saturated rings. The second-order valence-corrected chi connectivity index (χ2v) is 13.4. The number of unbranched alkanes of at least 4 members (excludes halogenated alkanes) is 13. The molecule has 0 aliphatic rings. The van der Waals surface area contributed by atoms with Gasteiger partial charge in [0.05, 0.1) is 35.6 Å². The van der Waals surface area contributed by atoms with Gasteiger partial charge in [0.1, 0.15) is 11.5 Å². The summed E-state index contributed by atoms with van der Waals surface area (Å²) in [7, 11) is -2.69. The van der Waals surface area contributed by atoms with E-state index in [4.69, 9.17) is 9.47 Å². The number of benzene rings is 2. The van der Waals surface area contributed by atoms with Crippen molar-refractivity contribution in [2.45, 2.75) is 115 Å². The van der Waals surface area contributed by atoms with E-state index in [0.717, 1.165) is 18.9 Å². The van der Waals surface area contributed by atoms with Crippen molar-refractivity contribution < 1.29 is 35.9 Å². The maximum absolute atomic E-state index is 13.5. The Balaban J connectivity index is 1.73. The normalized spacial score (nSPS) is 11.7. The number of methoxy groups -OCH3 is 1. The van der Waals surface area contributed by atoms with E-state index in [-0.39, 0.29) is 11.3 Å². The van der Waals surface area contributed by atoms with Crippen LogP contribution in [-0.2, 0) is 16.0 Å². The lowest BCUT2D eigenvalue weighted by atomic mass is 10.0. The van der Waals surface area contributed by atoms with Crippen LogP contribution in [0, 0.1) is 6.92 Å². The average Bonchev–Trinajstić information content (AvgIpc) is 2.97. The summed E-state index contributed by atoms with van der Waals surface area (Å²) >= 11 is 0. The molecule has 3 N–H and O–H groups in total. The van der Waals surface area contributed by atoms with E-state index in [1.165, 1.54) is 91.1 Å². The first kappa shape index (κ1) is 38.0. The number of ether oxygens (including phenoxy) is 2. The minimum absolute atomic E-state index is 0.107. The van der Waals surface area contributed by atoms with E-state index in [1.807, 2.05) is 0 Å². The van der Waals surface area contributed by atoms with Crippen LogP contribution in [0.4, 0.5) is 29.3 Å². The van der Waals surface area contributed by atoms with E-state index < -0.39 is 32.5 Å². The monoisotopic (exact) mass is 657 g/mol. The first-order valence-corrected chi connectivity index (χ1v) is 17.8. The number of carbonyl (C=O) groups excluding carboxylic acids is 1. The molecule has 0 aliphatic carbocycles. The largest absolute Gasteiger partial charge is 0.494 e. The van der Waals surface area contributed by atoms with Crippen LogP contribution in [0.25, 0.3) is 0 Å². The van der Waals surface area contributed by atoms with Gasteiger partial charge in [0.15, 0.2) is 9.84 Å². The molecule has 12 heteroatoms. The van der Waals surface area contributed by atoms with Crippen molar-refractivity contribution in [2.24, 2.45) is 0 Å².